The highest BCUT2D eigenvalue weighted by molar-refractivity contribution is 7.12. The maximum atomic E-state index is 11.9. The Morgan fingerprint density at radius 2 is 2.08 bits per heavy atom. The van der Waals surface area contributed by atoms with Gasteiger partial charge >= 0.3 is 0 Å². The van der Waals surface area contributed by atoms with Crippen molar-refractivity contribution in [1.29, 1.82) is 0 Å². The van der Waals surface area contributed by atoms with Crippen molar-refractivity contribution in [3.63, 3.8) is 0 Å². The first kappa shape index (κ1) is 17.7. The average molecular weight is 393 g/mol. The molecule has 5 nitrogen and oxygen atoms in total. The molecule has 8 heteroatoms. The van der Waals surface area contributed by atoms with Crippen LogP contribution in [-0.4, -0.2) is 21.9 Å². The molecule has 3 aromatic rings. The number of amides is 1. The number of hydrazone groups is 1. The summed E-state index contributed by atoms with van der Waals surface area (Å²) in [6.07, 6.45) is 1.51. The van der Waals surface area contributed by atoms with Crippen LogP contribution in [0.3, 0.4) is 0 Å². The molecule has 0 unspecified atom stereocenters. The molecule has 128 valence electrons. The molecule has 1 amide bonds. The van der Waals surface area contributed by atoms with Gasteiger partial charge in [-0.25, -0.2) is 10.1 Å². The van der Waals surface area contributed by atoms with Crippen molar-refractivity contribution in [3.8, 4) is 0 Å². The SMILES string of the molecule is Cc1nn(Cc2ccc(Cl)cc2)c(Cl)c1C=NNC(=O)c1cccs1. The van der Waals surface area contributed by atoms with E-state index in [0.717, 1.165) is 11.3 Å². The third kappa shape index (κ3) is 4.28. The van der Waals surface area contributed by atoms with Gasteiger partial charge < -0.3 is 0 Å². The van der Waals surface area contributed by atoms with E-state index in [1.165, 1.54) is 17.6 Å². The van der Waals surface area contributed by atoms with Crippen molar-refractivity contribution < 1.29 is 4.79 Å². The minimum Gasteiger partial charge on any atom is -0.266 e. The van der Waals surface area contributed by atoms with E-state index < -0.39 is 0 Å². The maximum Gasteiger partial charge on any atom is 0.281 e. The number of carbonyl (C=O) groups excluding carboxylic acids is 1. The van der Waals surface area contributed by atoms with Crippen molar-refractivity contribution in [2.24, 2.45) is 5.10 Å². The van der Waals surface area contributed by atoms with Gasteiger partial charge in [-0.1, -0.05) is 41.4 Å². The Morgan fingerprint density at radius 3 is 2.76 bits per heavy atom. The Labute approximate surface area is 158 Å². The molecule has 0 spiro atoms. The second-order valence-corrected chi connectivity index (χ2v) is 6.99. The highest BCUT2D eigenvalue weighted by Gasteiger charge is 2.12. The summed E-state index contributed by atoms with van der Waals surface area (Å²) in [6, 6.07) is 11.0. The van der Waals surface area contributed by atoms with Crippen molar-refractivity contribution in [3.05, 3.63) is 73.7 Å². The second kappa shape index (κ2) is 7.82. The number of aryl methyl sites for hydroxylation is 1. The summed E-state index contributed by atoms with van der Waals surface area (Å²) in [5.74, 6) is -0.256. The zero-order chi connectivity index (χ0) is 17.8. The molecule has 2 aromatic heterocycles. The number of benzene rings is 1. The number of aromatic nitrogens is 2. The van der Waals surface area contributed by atoms with Gasteiger partial charge in [-0.05, 0) is 36.1 Å². The monoisotopic (exact) mass is 392 g/mol. The molecule has 0 fully saturated rings. The van der Waals surface area contributed by atoms with E-state index in [0.29, 0.717) is 27.2 Å². The van der Waals surface area contributed by atoms with Crippen LogP contribution in [0.2, 0.25) is 10.2 Å². The number of nitrogens with zero attached hydrogens (tertiary/aromatic N) is 3. The lowest BCUT2D eigenvalue weighted by Crippen LogP contribution is -2.16. The minimum absolute atomic E-state index is 0.256. The molecule has 3 rings (SSSR count). The first-order valence-corrected chi connectivity index (χ1v) is 9.02. The molecule has 0 aliphatic heterocycles. The number of halogens is 2. The molecule has 25 heavy (non-hydrogen) atoms. The van der Waals surface area contributed by atoms with Crippen LogP contribution in [0, 0.1) is 6.92 Å². The molecule has 0 aliphatic rings. The molecule has 1 N–H and O–H groups in total. The summed E-state index contributed by atoms with van der Waals surface area (Å²) in [7, 11) is 0. The molecule has 0 atom stereocenters. The highest BCUT2D eigenvalue weighted by atomic mass is 35.5. The van der Waals surface area contributed by atoms with Crippen LogP contribution < -0.4 is 5.43 Å². The van der Waals surface area contributed by atoms with Gasteiger partial charge in [-0.2, -0.15) is 10.2 Å². The van der Waals surface area contributed by atoms with Crippen LogP contribution >= 0.6 is 34.5 Å². The second-order valence-electron chi connectivity index (χ2n) is 5.25. The van der Waals surface area contributed by atoms with Gasteiger partial charge in [0.1, 0.15) is 5.15 Å². The van der Waals surface area contributed by atoms with Crippen molar-refractivity contribution in [2.45, 2.75) is 13.5 Å². The third-order valence-electron chi connectivity index (χ3n) is 3.46. The van der Waals surface area contributed by atoms with E-state index >= 15 is 0 Å². The van der Waals surface area contributed by atoms with Crippen molar-refractivity contribution in [1.82, 2.24) is 15.2 Å². The fraction of sp³-hybridized carbons (Fsp3) is 0.118. The third-order valence-corrected chi connectivity index (χ3v) is 4.98. The summed E-state index contributed by atoms with van der Waals surface area (Å²) in [6.45, 7) is 2.36. The topological polar surface area (TPSA) is 59.3 Å². The fourth-order valence-corrected chi connectivity index (χ4v) is 3.22. The minimum atomic E-state index is -0.256. The molecular weight excluding hydrogens is 379 g/mol. The lowest BCUT2D eigenvalue weighted by Gasteiger charge is -2.03. The van der Waals surface area contributed by atoms with E-state index in [-0.39, 0.29) is 5.91 Å². The first-order valence-electron chi connectivity index (χ1n) is 7.39. The molecular formula is C17H14Cl2N4OS. The van der Waals surface area contributed by atoms with Crippen LogP contribution in [0.5, 0.6) is 0 Å². The number of carbonyl (C=O) groups is 1. The normalized spacial score (nSPS) is 11.2. The fourth-order valence-electron chi connectivity index (χ4n) is 2.20. The first-order chi connectivity index (χ1) is 12.0. The Morgan fingerprint density at radius 1 is 1.32 bits per heavy atom. The molecule has 0 bridgehead atoms. The van der Waals surface area contributed by atoms with Gasteiger partial charge in [-0.15, -0.1) is 11.3 Å². The molecule has 0 saturated carbocycles. The maximum absolute atomic E-state index is 11.9. The number of hydrogen-bond acceptors (Lipinski definition) is 4. The summed E-state index contributed by atoms with van der Waals surface area (Å²) >= 11 is 13.6. The van der Waals surface area contributed by atoms with Gasteiger partial charge in [-0.3, -0.25) is 4.79 Å². The Balaban J connectivity index is 1.72. The molecule has 0 aliphatic carbocycles. The Hall–Kier alpha value is -2.15. The lowest BCUT2D eigenvalue weighted by molar-refractivity contribution is 0.0959. The van der Waals surface area contributed by atoms with Gasteiger partial charge in [0.25, 0.3) is 5.91 Å². The van der Waals surface area contributed by atoms with E-state index in [9.17, 15) is 4.79 Å². The van der Waals surface area contributed by atoms with Crippen LogP contribution in [0.25, 0.3) is 0 Å². The van der Waals surface area contributed by atoms with Crippen molar-refractivity contribution in [2.75, 3.05) is 0 Å². The number of thiophene rings is 1. The highest BCUT2D eigenvalue weighted by Crippen LogP contribution is 2.20. The predicted octanol–water partition coefficient (Wildman–Crippen LogP) is 4.37. The van der Waals surface area contributed by atoms with Crippen LogP contribution in [-0.2, 0) is 6.54 Å². The van der Waals surface area contributed by atoms with E-state index in [1.807, 2.05) is 42.6 Å². The van der Waals surface area contributed by atoms with E-state index in [2.05, 4.69) is 15.6 Å². The molecule has 0 radical (unpaired) electrons. The smallest absolute Gasteiger partial charge is 0.266 e. The largest absolute Gasteiger partial charge is 0.281 e. The Kier molecular flexibility index (Phi) is 5.53. The summed E-state index contributed by atoms with van der Waals surface area (Å²) in [5, 5.41) is 11.4. The van der Waals surface area contributed by atoms with Gasteiger partial charge in [0.05, 0.1) is 28.9 Å². The lowest BCUT2D eigenvalue weighted by atomic mass is 10.2. The zero-order valence-corrected chi connectivity index (χ0v) is 15.6. The number of hydrogen-bond donors (Lipinski definition) is 1. The predicted molar refractivity (Wildman–Crippen MR) is 102 cm³/mol. The van der Waals surface area contributed by atoms with Crippen LogP contribution in [0.15, 0.2) is 46.9 Å². The quantitative estimate of drug-likeness (QED) is 0.517. The molecule has 1 aromatic carbocycles. The van der Waals surface area contributed by atoms with Gasteiger partial charge in [0.2, 0.25) is 0 Å². The van der Waals surface area contributed by atoms with Gasteiger partial charge in [0.15, 0.2) is 0 Å². The summed E-state index contributed by atoms with van der Waals surface area (Å²) in [4.78, 5) is 12.5. The summed E-state index contributed by atoms with van der Waals surface area (Å²) in [5.41, 5.74) is 4.91. The molecule has 2 heterocycles. The van der Waals surface area contributed by atoms with Crippen LogP contribution in [0.1, 0.15) is 26.5 Å². The van der Waals surface area contributed by atoms with Crippen LogP contribution in [0.4, 0.5) is 0 Å². The number of rotatable bonds is 5. The standard InChI is InChI=1S/C17H14Cl2N4OS/c1-11-14(9-20-21-17(24)15-3-2-8-25-15)16(19)23(22-11)10-12-4-6-13(18)7-5-12/h2-9H,10H2,1H3,(H,21,24). The molecule has 0 saturated heterocycles. The zero-order valence-electron chi connectivity index (χ0n) is 13.2. The van der Waals surface area contributed by atoms with Gasteiger partial charge in [0, 0.05) is 5.02 Å². The van der Waals surface area contributed by atoms with Crippen molar-refractivity contribution >= 4 is 46.7 Å². The van der Waals surface area contributed by atoms with E-state index in [1.54, 1.807) is 10.7 Å². The Bertz CT molecular complexity index is 902. The van der Waals surface area contributed by atoms with E-state index in [4.69, 9.17) is 23.2 Å². The number of nitrogens with one attached hydrogen (secondary N) is 1. The average Bonchev–Trinajstić information content (AvgIpc) is 3.21. The summed E-state index contributed by atoms with van der Waals surface area (Å²) < 4.78 is 1.68.